The van der Waals surface area contributed by atoms with E-state index in [4.69, 9.17) is 11.6 Å². The van der Waals surface area contributed by atoms with E-state index in [2.05, 4.69) is 5.32 Å². The van der Waals surface area contributed by atoms with Crippen molar-refractivity contribution in [3.63, 3.8) is 0 Å². The maximum atomic E-state index is 6.19. The number of alkyl halides is 1. The summed E-state index contributed by atoms with van der Waals surface area (Å²) < 4.78 is 0. The molecule has 2 heteroatoms. The van der Waals surface area contributed by atoms with Crippen molar-refractivity contribution in [1.82, 2.24) is 5.32 Å². The molecule has 0 aromatic rings. The fourth-order valence-electron chi connectivity index (χ4n) is 2.22. The Labute approximate surface area is 86.2 Å². The summed E-state index contributed by atoms with van der Waals surface area (Å²) in [6.45, 7) is 2.37. The number of hydrogen-bond acceptors (Lipinski definition) is 1. The maximum absolute atomic E-state index is 6.19. The lowest BCUT2D eigenvalue weighted by Crippen LogP contribution is -2.26. The van der Waals surface area contributed by atoms with Crippen LogP contribution in [0, 0.1) is 11.8 Å². The molecule has 0 aromatic heterocycles. The number of hydrogen-bond donors (Lipinski definition) is 1. The van der Waals surface area contributed by atoms with Gasteiger partial charge in [-0.05, 0) is 44.2 Å². The van der Waals surface area contributed by atoms with E-state index in [0.29, 0.717) is 5.38 Å². The average Bonchev–Trinajstić information content (AvgIpc) is 2.86. The molecule has 0 spiro atoms. The zero-order valence-electron chi connectivity index (χ0n) is 8.27. The van der Waals surface area contributed by atoms with Gasteiger partial charge in [0.15, 0.2) is 0 Å². The fourth-order valence-corrected chi connectivity index (χ4v) is 2.59. The zero-order valence-corrected chi connectivity index (χ0v) is 9.02. The van der Waals surface area contributed by atoms with Gasteiger partial charge in [-0.1, -0.05) is 19.3 Å². The Balaban J connectivity index is 1.51. The van der Waals surface area contributed by atoms with Gasteiger partial charge in [-0.25, -0.2) is 0 Å². The minimum atomic E-state index is 0.452. The molecular formula is C11H20ClN. The van der Waals surface area contributed by atoms with E-state index in [1.54, 1.807) is 0 Å². The molecule has 76 valence electrons. The third-order valence-electron chi connectivity index (χ3n) is 3.40. The molecule has 0 bridgehead atoms. The third-order valence-corrected chi connectivity index (χ3v) is 3.97. The highest BCUT2D eigenvalue weighted by atomic mass is 35.5. The van der Waals surface area contributed by atoms with Gasteiger partial charge in [0, 0.05) is 5.38 Å². The second kappa shape index (κ2) is 4.65. The molecule has 2 atom stereocenters. The van der Waals surface area contributed by atoms with Crippen LogP contribution in [0.15, 0.2) is 0 Å². The first-order valence-corrected chi connectivity index (χ1v) is 6.14. The lowest BCUT2D eigenvalue weighted by atomic mass is 10.1. The summed E-state index contributed by atoms with van der Waals surface area (Å²) in [7, 11) is 0. The summed E-state index contributed by atoms with van der Waals surface area (Å²) in [6.07, 6.45) is 8.25. The van der Waals surface area contributed by atoms with Crippen LogP contribution in [0.25, 0.3) is 0 Å². The summed E-state index contributed by atoms with van der Waals surface area (Å²) in [5, 5.41) is 4.00. The SMILES string of the molecule is ClC1CCCC1CNCCC1CC1. The summed E-state index contributed by atoms with van der Waals surface area (Å²) in [5.41, 5.74) is 0. The Kier molecular flexibility index (Phi) is 3.51. The first kappa shape index (κ1) is 9.79. The highest BCUT2D eigenvalue weighted by molar-refractivity contribution is 6.20. The third kappa shape index (κ3) is 3.14. The highest BCUT2D eigenvalue weighted by Gasteiger charge is 2.25. The van der Waals surface area contributed by atoms with Crippen molar-refractivity contribution < 1.29 is 0 Å². The van der Waals surface area contributed by atoms with Crippen LogP contribution in [0.5, 0.6) is 0 Å². The maximum Gasteiger partial charge on any atom is 0.0376 e. The zero-order chi connectivity index (χ0) is 9.10. The number of nitrogens with one attached hydrogen (secondary N) is 1. The fraction of sp³-hybridized carbons (Fsp3) is 1.00. The molecule has 0 radical (unpaired) electrons. The van der Waals surface area contributed by atoms with E-state index in [0.717, 1.165) is 18.4 Å². The highest BCUT2D eigenvalue weighted by Crippen LogP contribution is 2.32. The van der Waals surface area contributed by atoms with Crippen LogP contribution in [-0.4, -0.2) is 18.5 Å². The van der Waals surface area contributed by atoms with Crippen molar-refractivity contribution in [1.29, 1.82) is 0 Å². The van der Waals surface area contributed by atoms with Crippen LogP contribution in [0.4, 0.5) is 0 Å². The lowest BCUT2D eigenvalue weighted by molar-refractivity contribution is 0.483. The Morgan fingerprint density at radius 2 is 2.00 bits per heavy atom. The van der Waals surface area contributed by atoms with Crippen molar-refractivity contribution in [2.45, 2.75) is 43.9 Å². The van der Waals surface area contributed by atoms with Crippen molar-refractivity contribution in [3.05, 3.63) is 0 Å². The average molecular weight is 202 g/mol. The van der Waals surface area contributed by atoms with Crippen LogP contribution < -0.4 is 5.32 Å². The second-order valence-corrected chi connectivity index (χ2v) is 5.20. The lowest BCUT2D eigenvalue weighted by Gasteiger charge is -2.14. The first-order chi connectivity index (χ1) is 6.36. The monoisotopic (exact) mass is 201 g/mol. The predicted molar refractivity (Wildman–Crippen MR) is 57.2 cm³/mol. The molecule has 2 rings (SSSR count). The number of rotatable bonds is 5. The molecule has 0 amide bonds. The van der Waals surface area contributed by atoms with Crippen molar-refractivity contribution in [3.8, 4) is 0 Å². The Morgan fingerprint density at radius 3 is 2.62 bits per heavy atom. The first-order valence-electron chi connectivity index (χ1n) is 5.71. The smallest absolute Gasteiger partial charge is 0.0376 e. The topological polar surface area (TPSA) is 12.0 Å². The molecule has 0 aromatic carbocycles. The summed E-state index contributed by atoms with van der Waals surface area (Å²) in [6, 6.07) is 0. The van der Waals surface area contributed by atoms with Gasteiger partial charge in [0.1, 0.15) is 0 Å². The molecular weight excluding hydrogens is 182 g/mol. The largest absolute Gasteiger partial charge is 0.316 e. The summed E-state index contributed by atoms with van der Waals surface area (Å²) in [5.74, 6) is 1.81. The Hall–Kier alpha value is 0.250. The summed E-state index contributed by atoms with van der Waals surface area (Å²) >= 11 is 6.19. The minimum Gasteiger partial charge on any atom is -0.316 e. The van der Waals surface area contributed by atoms with Gasteiger partial charge in [-0.15, -0.1) is 11.6 Å². The molecule has 1 N–H and O–H groups in total. The summed E-state index contributed by atoms with van der Waals surface area (Å²) in [4.78, 5) is 0. The van der Waals surface area contributed by atoms with Crippen LogP contribution in [0.2, 0.25) is 0 Å². The van der Waals surface area contributed by atoms with Gasteiger partial charge in [-0.3, -0.25) is 0 Å². The van der Waals surface area contributed by atoms with Crippen molar-refractivity contribution in [2.75, 3.05) is 13.1 Å². The standard InChI is InChI=1S/C11H20ClN/c12-11-3-1-2-10(11)8-13-7-6-9-4-5-9/h9-11,13H,1-8H2. The van der Waals surface area contributed by atoms with Gasteiger partial charge in [0.05, 0.1) is 0 Å². The van der Waals surface area contributed by atoms with Crippen LogP contribution >= 0.6 is 11.6 Å². The van der Waals surface area contributed by atoms with Gasteiger partial charge < -0.3 is 5.32 Å². The minimum absolute atomic E-state index is 0.452. The van der Waals surface area contributed by atoms with Crippen LogP contribution in [0.3, 0.4) is 0 Å². The van der Waals surface area contributed by atoms with E-state index < -0.39 is 0 Å². The molecule has 0 aliphatic heterocycles. The molecule has 0 saturated heterocycles. The molecule has 2 aliphatic rings. The molecule has 2 saturated carbocycles. The van der Waals surface area contributed by atoms with Crippen molar-refractivity contribution >= 4 is 11.6 Å². The van der Waals surface area contributed by atoms with Gasteiger partial charge in [0.25, 0.3) is 0 Å². The molecule has 2 aliphatic carbocycles. The number of halogens is 1. The van der Waals surface area contributed by atoms with Gasteiger partial charge in [-0.2, -0.15) is 0 Å². The molecule has 1 nitrogen and oxygen atoms in total. The second-order valence-electron chi connectivity index (χ2n) is 4.64. The van der Waals surface area contributed by atoms with E-state index in [1.165, 1.54) is 45.1 Å². The van der Waals surface area contributed by atoms with E-state index in [9.17, 15) is 0 Å². The van der Waals surface area contributed by atoms with E-state index in [1.807, 2.05) is 0 Å². The Bertz CT molecular complexity index is 156. The molecule has 13 heavy (non-hydrogen) atoms. The quantitative estimate of drug-likeness (QED) is 0.533. The van der Waals surface area contributed by atoms with Crippen LogP contribution in [-0.2, 0) is 0 Å². The Morgan fingerprint density at radius 1 is 1.15 bits per heavy atom. The van der Waals surface area contributed by atoms with E-state index in [-0.39, 0.29) is 0 Å². The van der Waals surface area contributed by atoms with Gasteiger partial charge >= 0.3 is 0 Å². The molecule has 2 unspecified atom stereocenters. The van der Waals surface area contributed by atoms with E-state index >= 15 is 0 Å². The van der Waals surface area contributed by atoms with Gasteiger partial charge in [0.2, 0.25) is 0 Å². The normalized spacial score (nSPS) is 33.9. The van der Waals surface area contributed by atoms with Crippen LogP contribution in [0.1, 0.15) is 38.5 Å². The molecule has 0 heterocycles. The predicted octanol–water partition coefficient (Wildman–Crippen LogP) is 2.78. The molecule has 2 fully saturated rings. The van der Waals surface area contributed by atoms with Crippen molar-refractivity contribution in [2.24, 2.45) is 11.8 Å².